The Hall–Kier alpha value is -2.70. The van der Waals surface area contributed by atoms with Crippen molar-refractivity contribution in [2.24, 2.45) is 5.92 Å². The maximum absolute atomic E-state index is 14.1. The summed E-state index contributed by atoms with van der Waals surface area (Å²) in [5.41, 5.74) is -1.47. The molecule has 0 bridgehead atoms. The number of aromatic hydroxyl groups is 1. The third-order valence-electron chi connectivity index (χ3n) is 5.84. The van der Waals surface area contributed by atoms with Crippen molar-refractivity contribution >= 4 is 34.4 Å². The maximum Gasteiger partial charge on any atom is 0.278 e. The number of amides is 2. The first-order valence-electron chi connectivity index (χ1n) is 10.1. The normalized spacial score (nSPS) is 19.7. The Balaban J connectivity index is 1.70. The predicted molar refractivity (Wildman–Crippen MR) is 120 cm³/mol. The largest absolute Gasteiger partial charge is 0.502 e. The van der Waals surface area contributed by atoms with E-state index < -0.39 is 34.6 Å². The zero-order valence-corrected chi connectivity index (χ0v) is 19.5. The topological polar surface area (TPSA) is 94.9 Å². The molecule has 3 heterocycles. The van der Waals surface area contributed by atoms with Crippen LogP contribution in [0, 0.1) is 21.1 Å². The number of nitrogens with one attached hydrogen (secondary N) is 1. The van der Waals surface area contributed by atoms with Crippen LogP contribution < -0.4 is 15.8 Å². The van der Waals surface area contributed by atoms with Crippen molar-refractivity contribution in [3.63, 3.8) is 0 Å². The molecule has 2 atom stereocenters. The fraction of sp³-hybridized carbons (Fsp3) is 0.381. The highest BCUT2D eigenvalue weighted by Gasteiger charge is 2.44. The lowest BCUT2D eigenvalue weighted by Crippen LogP contribution is -2.58. The van der Waals surface area contributed by atoms with Gasteiger partial charge >= 0.3 is 0 Å². The average molecular weight is 558 g/mol. The quantitative estimate of drug-likeness (QED) is 0.562. The third-order valence-corrected chi connectivity index (χ3v) is 6.80. The lowest BCUT2D eigenvalue weighted by molar-refractivity contribution is 0.0604. The molecule has 170 valence electrons. The number of benzene rings is 1. The van der Waals surface area contributed by atoms with Crippen LogP contribution in [-0.4, -0.2) is 45.8 Å². The highest BCUT2D eigenvalue weighted by molar-refractivity contribution is 14.1. The van der Waals surface area contributed by atoms with E-state index in [-0.39, 0.29) is 39.0 Å². The summed E-state index contributed by atoms with van der Waals surface area (Å²) in [5, 5.41) is 14.9. The van der Waals surface area contributed by atoms with Gasteiger partial charge in [0.25, 0.3) is 11.8 Å². The zero-order chi connectivity index (χ0) is 23.3. The molecule has 4 rings (SSSR count). The molecule has 2 N–H and O–H groups in total. The molecule has 2 aliphatic rings. The Bertz CT molecular complexity index is 1160. The highest BCUT2D eigenvalue weighted by atomic mass is 127. The molecule has 0 unspecified atom stereocenters. The highest BCUT2D eigenvalue weighted by Crippen LogP contribution is 2.32. The van der Waals surface area contributed by atoms with Crippen molar-refractivity contribution in [2.75, 3.05) is 18.1 Å². The van der Waals surface area contributed by atoms with E-state index in [0.29, 0.717) is 19.2 Å². The lowest BCUT2D eigenvalue weighted by atomic mass is 10.1. The summed E-state index contributed by atoms with van der Waals surface area (Å²) < 4.78 is 29.1. The summed E-state index contributed by atoms with van der Waals surface area (Å²) in [6, 6.07) is 1.84. The van der Waals surface area contributed by atoms with Gasteiger partial charge in [-0.3, -0.25) is 24.1 Å². The van der Waals surface area contributed by atoms with Crippen molar-refractivity contribution in [1.82, 2.24) is 14.9 Å². The van der Waals surface area contributed by atoms with Gasteiger partial charge in [0.05, 0.1) is 0 Å². The summed E-state index contributed by atoms with van der Waals surface area (Å²) in [6.07, 6.45) is 1.72. The molecule has 2 amide bonds. The smallest absolute Gasteiger partial charge is 0.278 e. The van der Waals surface area contributed by atoms with Gasteiger partial charge in [0.1, 0.15) is 23.4 Å². The van der Waals surface area contributed by atoms with Crippen LogP contribution in [0.4, 0.5) is 8.78 Å². The van der Waals surface area contributed by atoms with E-state index in [1.807, 2.05) is 18.9 Å². The molecular weight excluding hydrogens is 537 g/mol. The van der Waals surface area contributed by atoms with E-state index in [4.69, 9.17) is 0 Å². The maximum atomic E-state index is 14.1. The second-order valence-corrected chi connectivity index (χ2v) is 9.14. The Kier molecular flexibility index (Phi) is 5.86. The Morgan fingerprint density at radius 3 is 2.69 bits per heavy atom. The van der Waals surface area contributed by atoms with Gasteiger partial charge in [-0.25, -0.2) is 8.78 Å². The minimum Gasteiger partial charge on any atom is -0.502 e. The van der Waals surface area contributed by atoms with E-state index in [0.717, 1.165) is 12.5 Å². The zero-order valence-electron chi connectivity index (χ0n) is 17.4. The van der Waals surface area contributed by atoms with E-state index >= 15 is 0 Å². The van der Waals surface area contributed by atoms with Crippen LogP contribution in [0.2, 0.25) is 0 Å². The van der Waals surface area contributed by atoms with E-state index in [9.17, 15) is 28.3 Å². The first-order valence-corrected chi connectivity index (χ1v) is 11.2. The Morgan fingerprint density at radius 2 is 2.03 bits per heavy atom. The Morgan fingerprint density at radius 1 is 1.31 bits per heavy atom. The van der Waals surface area contributed by atoms with E-state index in [1.54, 1.807) is 27.5 Å². The van der Waals surface area contributed by atoms with Crippen LogP contribution >= 0.6 is 22.6 Å². The number of fused-ring (bicyclic) bond motifs is 3. The summed E-state index contributed by atoms with van der Waals surface area (Å²) in [6.45, 7) is 4.55. The first-order chi connectivity index (χ1) is 15.1. The van der Waals surface area contributed by atoms with E-state index in [1.165, 1.54) is 10.9 Å². The van der Waals surface area contributed by atoms with Gasteiger partial charge in [0.15, 0.2) is 11.4 Å². The van der Waals surface area contributed by atoms with Crippen molar-refractivity contribution in [2.45, 2.75) is 33.0 Å². The van der Waals surface area contributed by atoms with Gasteiger partial charge in [0.2, 0.25) is 5.43 Å². The number of carbonyl (C=O) groups is 2. The molecule has 1 aromatic carbocycles. The third kappa shape index (κ3) is 3.61. The SMILES string of the molecule is CCN1C(=O)c2c(O)c(=O)c(C(=O)NCc3c(F)cc(F)cc3I)cn2N2C[C@@H](C)C[C@@H]12. The molecule has 1 aromatic heterocycles. The van der Waals surface area contributed by atoms with Gasteiger partial charge in [-0.1, -0.05) is 6.92 Å². The number of halogens is 3. The number of hydrogen-bond donors (Lipinski definition) is 2. The molecule has 1 saturated heterocycles. The standard InChI is InChI=1S/C21H21F2IN4O4/c1-3-26-16-4-10(2)8-27(16)28-9-13(18(29)19(30)17(28)21(26)32)20(31)25-7-12-14(23)5-11(22)6-15(12)24/h5-6,9-10,16,30H,3-4,7-8H2,1-2H3,(H,25,31)/t10-,16-/m0/s1. The van der Waals surface area contributed by atoms with Gasteiger partial charge in [-0.2, -0.15) is 0 Å². The summed E-state index contributed by atoms with van der Waals surface area (Å²) in [4.78, 5) is 40.1. The van der Waals surface area contributed by atoms with Crippen molar-refractivity contribution in [1.29, 1.82) is 0 Å². The molecule has 1 fully saturated rings. The van der Waals surface area contributed by atoms with E-state index in [2.05, 4.69) is 5.32 Å². The summed E-state index contributed by atoms with van der Waals surface area (Å²) in [5.74, 6) is -3.42. The number of carbonyl (C=O) groups excluding carboxylic acids is 2. The van der Waals surface area contributed by atoms with Crippen LogP contribution in [0.25, 0.3) is 0 Å². The number of nitrogens with zero attached hydrogens (tertiary/aromatic N) is 3. The van der Waals surface area contributed by atoms with Crippen LogP contribution in [0.1, 0.15) is 46.7 Å². The van der Waals surface area contributed by atoms with Crippen LogP contribution in [0.3, 0.4) is 0 Å². The first kappa shape index (κ1) is 22.5. The minimum atomic E-state index is -0.988. The van der Waals surface area contributed by atoms with Crippen molar-refractivity contribution < 1.29 is 23.5 Å². The van der Waals surface area contributed by atoms with Gasteiger partial charge in [-0.15, -0.1) is 0 Å². The number of hydrogen-bond acceptors (Lipinski definition) is 5. The molecule has 2 aliphatic heterocycles. The molecule has 0 aliphatic carbocycles. The van der Waals surface area contributed by atoms with Crippen molar-refractivity contribution in [3.05, 3.63) is 60.6 Å². The number of rotatable bonds is 4. The van der Waals surface area contributed by atoms with Crippen molar-refractivity contribution in [3.8, 4) is 5.75 Å². The average Bonchev–Trinajstić information content (AvgIpc) is 3.10. The number of pyridine rings is 1. The summed E-state index contributed by atoms with van der Waals surface area (Å²) in [7, 11) is 0. The van der Waals surface area contributed by atoms with Gasteiger partial charge in [-0.05, 0) is 47.9 Å². The van der Waals surface area contributed by atoms with Crippen LogP contribution in [0.5, 0.6) is 5.75 Å². The molecular formula is C21H21F2IN4O4. The molecule has 11 heteroatoms. The second-order valence-electron chi connectivity index (χ2n) is 7.98. The second kappa shape index (κ2) is 8.34. The van der Waals surface area contributed by atoms with Gasteiger partial charge in [0, 0.05) is 41.0 Å². The minimum absolute atomic E-state index is 0.0739. The fourth-order valence-corrected chi connectivity index (χ4v) is 5.05. The monoisotopic (exact) mass is 558 g/mol. The van der Waals surface area contributed by atoms with Crippen LogP contribution in [-0.2, 0) is 6.54 Å². The summed E-state index contributed by atoms with van der Waals surface area (Å²) >= 11 is 1.75. The fourth-order valence-electron chi connectivity index (χ4n) is 4.30. The Labute approximate surface area is 195 Å². The van der Waals surface area contributed by atoms with Crippen LogP contribution in [0.15, 0.2) is 23.1 Å². The van der Waals surface area contributed by atoms with Gasteiger partial charge < -0.3 is 15.3 Å². The molecule has 32 heavy (non-hydrogen) atoms. The lowest BCUT2D eigenvalue weighted by Gasteiger charge is -2.42. The molecule has 0 spiro atoms. The predicted octanol–water partition coefficient (Wildman–Crippen LogP) is 2.15. The molecule has 0 radical (unpaired) electrons. The number of aromatic nitrogens is 1. The molecule has 8 nitrogen and oxygen atoms in total. The molecule has 2 aromatic rings. The molecule has 0 saturated carbocycles.